The first-order valence-corrected chi connectivity index (χ1v) is 7.91. The van der Waals surface area contributed by atoms with Crippen molar-refractivity contribution in [2.75, 3.05) is 12.4 Å². The van der Waals surface area contributed by atoms with Gasteiger partial charge in [0.1, 0.15) is 0 Å². The van der Waals surface area contributed by atoms with Crippen molar-refractivity contribution in [3.8, 4) is 0 Å². The average molecular weight is 296 g/mol. The molecule has 4 nitrogen and oxygen atoms in total. The highest BCUT2D eigenvalue weighted by Crippen LogP contribution is 2.23. The zero-order valence-electron chi connectivity index (χ0n) is 12.2. The number of halogens is 1. The van der Waals surface area contributed by atoms with Crippen molar-refractivity contribution in [3.05, 3.63) is 23.0 Å². The van der Waals surface area contributed by atoms with Gasteiger partial charge in [0.25, 0.3) is 5.91 Å². The zero-order valence-corrected chi connectivity index (χ0v) is 13.0. The van der Waals surface area contributed by atoms with Crippen LogP contribution in [-0.2, 0) is 6.42 Å². The number of alkyl halides is 1. The lowest BCUT2D eigenvalue weighted by molar-refractivity contribution is 0.0607. The van der Waals surface area contributed by atoms with Crippen molar-refractivity contribution in [2.45, 2.75) is 52.0 Å². The Morgan fingerprint density at radius 3 is 2.95 bits per heavy atom. The minimum atomic E-state index is 0.0923. The predicted molar refractivity (Wildman–Crippen MR) is 80.2 cm³/mol. The Kier molecular flexibility index (Phi) is 5.35. The Morgan fingerprint density at radius 2 is 2.25 bits per heavy atom. The monoisotopic (exact) mass is 295 g/mol. The summed E-state index contributed by atoms with van der Waals surface area (Å²) in [6.07, 6.45) is 4.90. The zero-order chi connectivity index (χ0) is 14.5. The van der Waals surface area contributed by atoms with Crippen molar-refractivity contribution < 1.29 is 4.79 Å². The molecule has 1 amide bonds. The van der Waals surface area contributed by atoms with Crippen LogP contribution in [0, 0.1) is 6.92 Å². The second-order valence-electron chi connectivity index (χ2n) is 5.33. The third kappa shape index (κ3) is 3.29. The molecular formula is C15H22ClN3O. The summed E-state index contributed by atoms with van der Waals surface area (Å²) < 4.78 is 0. The maximum atomic E-state index is 12.8. The largest absolute Gasteiger partial charge is 0.336 e. The Labute approximate surface area is 125 Å². The average Bonchev–Trinajstić information content (AvgIpc) is 2.47. The molecule has 1 atom stereocenters. The highest BCUT2D eigenvalue weighted by atomic mass is 35.5. The van der Waals surface area contributed by atoms with Crippen LogP contribution in [0.25, 0.3) is 0 Å². The molecule has 0 bridgehead atoms. The van der Waals surface area contributed by atoms with Crippen molar-refractivity contribution in [3.63, 3.8) is 0 Å². The number of carbonyl (C=O) groups is 1. The molecule has 5 heteroatoms. The van der Waals surface area contributed by atoms with Gasteiger partial charge in [-0.25, -0.2) is 0 Å². The molecule has 110 valence electrons. The molecule has 0 radical (unpaired) electrons. The number of piperidine rings is 1. The van der Waals surface area contributed by atoms with E-state index in [-0.39, 0.29) is 11.9 Å². The smallest absolute Gasteiger partial charge is 0.256 e. The molecule has 1 saturated heterocycles. The Balaban J connectivity index is 2.26. The molecule has 1 aliphatic heterocycles. The molecule has 0 aliphatic carbocycles. The topological polar surface area (TPSA) is 46.1 Å². The molecule has 0 aromatic carbocycles. The van der Waals surface area contributed by atoms with Gasteiger partial charge in [0.15, 0.2) is 0 Å². The van der Waals surface area contributed by atoms with Crippen LogP contribution in [0.2, 0.25) is 0 Å². The van der Waals surface area contributed by atoms with E-state index in [0.717, 1.165) is 43.6 Å². The maximum Gasteiger partial charge on any atom is 0.256 e. The second-order valence-corrected chi connectivity index (χ2v) is 5.70. The molecule has 1 fully saturated rings. The lowest BCUT2D eigenvalue weighted by atomic mass is 9.98. The number of aromatic nitrogens is 2. The van der Waals surface area contributed by atoms with Crippen LogP contribution in [0.15, 0.2) is 6.07 Å². The van der Waals surface area contributed by atoms with E-state index in [1.54, 1.807) is 0 Å². The molecular weight excluding hydrogens is 274 g/mol. The summed E-state index contributed by atoms with van der Waals surface area (Å²) in [4.78, 5) is 14.8. The summed E-state index contributed by atoms with van der Waals surface area (Å²) in [5.41, 5.74) is 2.29. The third-order valence-electron chi connectivity index (χ3n) is 3.89. The third-order valence-corrected chi connectivity index (χ3v) is 4.11. The minimum Gasteiger partial charge on any atom is -0.336 e. The SMILES string of the molecule is CCc1nnc(C)cc1C(=O)N1CCCCC1CCCl. The molecule has 0 spiro atoms. The van der Waals surface area contributed by atoms with Crippen molar-refractivity contribution >= 4 is 17.5 Å². The number of carbonyl (C=O) groups excluding carboxylic acids is 1. The van der Waals surface area contributed by atoms with Gasteiger partial charge in [-0.15, -0.1) is 11.6 Å². The highest BCUT2D eigenvalue weighted by Gasteiger charge is 2.28. The summed E-state index contributed by atoms with van der Waals surface area (Å²) >= 11 is 5.87. The summed E-state index contributed by atoms with van der Waals surface area (Å²) in [5, 5.41) is 8.21. The quantitative estimate of drug-likeness (QED) is 0.802. The Morgan fingerprint density at radius 1 is 1.45 bits per heavy atom. The molecule has 1 unspecified atom stereocenters. The van der Waals surface area contributed by atoms with Crippen LogP contribution in [0.3, 0.4) is 0 Å². The first-order chi connectivity index (χ1) is 9.67. The summed E-state index contributed by atoms with van der Waals surface area (Å²) in [6.45, 7) is 4.70. The van der Waals surface area contributed by atoms with Gasteiger partial charge >= 0.3 is 0 Å². The van der Waals surface area contributed by atoms with Crippen LogP contribution in [0.1, 0.15) is 54.4 Å². The molecule has 1 aromatic heterocycles. The van der Waals surface area contributed by atoms with Crippen LogP contribution in [0.4, 0.5) is 0 Å². The van der Waals surface area contributed by atoms with E-state index >= 15 is 0 Å². The fourth-order valence-corrected chi connectivity index (χ4v) is 3.06. The number of nitrogens with zero attached hydrogens (tertiary/aromatic N) is 3. The van der Waals surface area contributed by atoms with E-state index in [0.29, 0.717) is 11.4 Å². The summed E-state index contributed by atoms with van der Waals surface area (Å²) in [6, 6.07) is 2.13. The van der Waals surface area contributed by atoms with E-state index in [1.807, 2.05) is 24.8 Å². The fraction of sp³-hybridized carbons (Fsp3) is 0.667. The normalized spacial score (nSPS) is 19.1. The number of hydrogen-bond acceptors (Lipinski definition) is 3. The van der Waals surface area contributed by atoms with E-state index in [1.165, 1.54) is 6.42 Å². The van der Waals surface area contributed by atoms with Gasteiger partial charge < -0.3 is 4.90 Å². The van der Waals surface area contributed by atoms with Gasteiger partial charge in [-0.3, -0.25) is 4.79 Å². The number of hydrogen-bond donors (Lipinski definition) is 0. The van der Waals surface area contributed by atoms with Crippen LogP contribution >= 0.6 is 11.6 Å². The van der Waals surface area contributed by atoms with Crippen LogP contribution in [-0.4, -0.2) is 39.5 Å². The predicted octanol–water partition coefficient (Wildman–Crippen LogP) is 2.97. The first-order valence-electron chi connectivity index (χ1n) is 7.37. The van der Waals surface area contributed by atoms with E-state index in [9.17, 15) is 4.79 Å². The van der Waals surface area contributed by atoms with Gasteiger partial charge in [0, 0.05) is 18.5 Å². The first kappa shape index (κ1) is 15.2. The van der Waals surface area contributed by atoms with Gasteiger partial charge in [0.2, 0.25) is 0 Å². The number of rotatable bonds is 4. The molecule has 0 N–H and O–H groups in total. The minimum absolute atomic E-state index is 0.0923. The lowest BCUT2D eigenvalue weighted by Gasteiger charge is -2.36. The van der Waals surface area contributed by atoms with Gasteiger partial charge in [-0.05, 0) is 45.1 Å². The van der Waals surface area contributed by atoms with Crippen molar-refractivity contribution in [2.24, 2.45) is 0 Å². The summed E-state index contributed by atoms with van der Waals surface area (Å²) in [7, 11) is 0. The van der Waals surface area contributed by atoms with Crippen LogP contribution in [0.5, 0.6) is 0 Å². The Hall–Kier alpha value is -1.16. The molecule has 2 rings (SSSR count). The molecule has 20 heavy (non-hydrogen) atoms. The molecule has 1 aromatic rings. The maximum absolute atomic E-state index is 12.8. The lowest BCUT2D eigenvalue weighted by Crippen LogP contribution is -2.44. The number of amides is 1. The van der Waals surface area contributed by atoms with Crippen molar-refractivity contribution in [1.29, 1.82) is 0 Å². The molecule has 1 aliphatic rings. The van der Waals surface area contributed by atoms with Gasteiger partial charge in [0.05, 0.1) is 17.0 Å². The standard InChI is InChI=1S/C15H22ClN3O/c1-3-14-13(10-11(2)17-18-14)15(20)19-9-5-4-6-12(19)7-8-16/h10,12H,3-9H2,1-2H3. The van der Waals surface area contributed by atoms with Gasteiger partial charge in [-0.2, -0.15) is 10.2 Å². The second kappa shape index (κ2) is 7.02. The van der Waals surface area contributed by atoms with E-state index in [2.05, 4.69) is 10.2 Å². The highest BCUT2D eigenvalue weighted by molar-refractivity contribution is 6.17. The fourth-order valence-electron chi connectivity index (χ4n) is 2.81. The van der Waals surface area contributed by atoms with Gasteiger partial charge in [-0.1, -0.05) is 6.92 Å². The van der Waals surface area contributed by atoms with Crippen LogP contribution < -0.4 is 0 Å². The van der Waals surface area contributed by atoms with E-state index in [4.69, 9.17) is 11.6 Å². The number of likely N-dealkylation sites (tertiary alicyclic amines) is 1. The van der Waals surface area contributed by atoms with E-state index < -0.39 is 0 Å². The Bertz CT molecular complexity index is 476. The molecule has 2 heterocycles. The molecule has 0 saturated carbocycles. The summed E-state index contributed by atoms with van der Waals surface area (Å²) in [5.74, 6) is 0.692. The number of aryl methyl sites for hydroxylation is 2. The van der Waals surface area contributed by atoms with Crippen molar-refractivity contribution in [1.82, 2.24) is 15.1 Å².